The van der Waals surface area contributed by atoms with Gasteiger partial charge in [0.15, 0.2) is 0 Å². The van der Waals surface area contributed by atoms with Crippen molar-refractivity contribution in [3.8, 4) is 0 Å². The van der Waals surface area contributed by atoms with Crippen molar-refractivity contribution in [2.75, 3.05) is 63.9 Å². The molecule has 2 aromatic rings. The van der Waals surface area contributed by atoms with Crippen LogP contribution in [0.4, 0.5) is 5.69 Å². The van der Waals surface area contributed by atoms with Gasteiger partial charge in [0, 0.05) is 57.9 Å². The fraction of sp³-hybridized carbons (Fsp3) is 0.417. The third kappa shape index (κ3) is 5.57. The maximum absolute atomic E-state index is 13.1. The quantitative estimate of drug-likeness (QED) is 0.631. The highest BCUT2D eigenvalue weighted by Gasteiger charge is 2.30. The molecule has 2 amide bonds. The summed E-state index contributed by atoms with van der Waals surface area (Å²) in [6.45, 7) is 4.08. The van der Waals surface area contributed by atoms with Crippen LogP contribution in [0.5, 0.6) is 0 Å². The first-order valence-electron chi connectivity index (χ1n) is 11.5. The number of morpholine rings is 1. The molecular weight excluding hydrogens is 456 g/mol. The van der Waals surface area contributed by atoms with Crippen LogP contribution in [0.1, 0.15) is 16.8 Å². The second-order valence-electron chi connectivity index (χ2n) is 8.22. The van der Waals surface area contributed by atoms with E-state index < -0.39 is 15.9 Å². The van der Waals surface area contributed by atoms with Crippen LogP contribution in [0, 0.1) is 0 Å². The van der Waals surface area contributed by atoms with Crippen molar-refractivity contribution in [3.05, 3.63) is 60.2 Å². The number of hydrogen-bond acceptors (Lipinski definition) is 6. The van der Waals surface area contributed by atoms with Crippen LogP contribution in [0.25, 0.3) is 0 Å². The monoisotopic (exact) mass is 486 g/mol. The molecule has 34 heavy (non-hydrogen) atoms. The Morgan fingerprint density at radius 2 is 1.50 bits per heavy atom. The van der Waals surface area contributed by atoms with E-state index in [0.29, 0.717) is 26.3 Å². The number of anilines is 1. The first-order valence-corrected chi connectivity index (χ1v) is 12.9. The van der Waals surface area contributed by atoms with Gasteiger partial charge in [-0.05, 0) is 24.3 Å². The molecule has 2 aromatic carbocycles. The third-order valence-electron chi connectivity index (χ3n) is 6.10. The molecule has 0 atom stereocenters. The molecule has 2 saturated heterocycles. The number of ether oxygens (including phenoxy) is 1. The molecule has 0 unspecified atom stereocenters. The summed E-state index contributed by atoms with van der Waals surface area (Å²) in [5.41, 5.74) is 1.23. The fourth-order valence-electron chi connectivity index (χ4n) is 4.19. The average Bonchev–Trinajstić information content (AvgIpc) is 2.89. The van der Waals surface area contributed by atoms with Crippen LogP contribution in [-0.4, -0.2) is 88.5 Å². The number of nitrogens with one attached hydrogen (secondary N) is 1. The highest BCUT2D eigenvalue weighted by molar-refractivity contribution is 7.89. The molecule has 2 heterocycles. The summed E-state index contributed by atoms with van der Waals surface area (Å²) in [4.78, 5) is 29.5. The number of piperazine rings is 1. The van der Waals surface area contributed by atoms with Crippen LogP contribution in [0.2, 0.25) is 0 Å². The van der Waals surface area contributed by atoms with Crippen molar-refractivity contribution in [1.82, 2.24) is 14.5 Å². The van der Waals surface area contributed by atoms with E-state index in [1.165, 1.54) is 16.4 Å². The van der Waals surface area contributed by atoms with Gasteiger partial charge in [0.05, 0.1) is 23.7 Å². The number of hydrogen-bond donors (Lipinski definition) is 1. The molecule has 2 aliphatic heterocycles. The first kappa shape index (κ1) is 24.2. The van der Waals surface area contributed by atoms with E-state index >= 15 is 0 Å². The summed E-state index contributed by atoms with van der Waals surface area (Å²) in [5, 5.41) is 2.71. The van der Waals surface area contributed by atoms with Crippen molar-refractivity contribution < 1.29 is 22.7 Å². The Balaban J connectivity index is 1.30. The topological polar surface area (TPSA) is 99.3 Å². The molecular formula is C24H30N4O5S. The first-order chi connectivity index (χ1) is 16.5. The SMILES string of the molecule is O=C(NCCC(=O)N1CCN(c2ccccc2)CC1)c1ccccc1S(=O)(=O)N1CCOCC1. The zero-order chi connectivity index (χ0) is 24.0. The lowest BCUT2D eigenvalue weighted by molar-refractivity contribution is -0.131. The molecule has 10 heteroatoms. The van der Waals surface area contributed by atoms with Gasteiger partial charge in [-0.1, -0.05) is 30.3 Å². The molecule has 1 N–H and O–H groups in total. The van der Waals surface area contributed by atoms with Gasteiger partial charge in [-0.3, -0.25) is 9.59 Å². The molecule has 0 spiro atoms. The molecule has 4 rings (SSSR count). The van der Waals surface area contributed by atoms with Crippen LogP contribution < -0.4 is 10.2 Å². The van der Waals surface area contributed by atoms with Crippen molar-refractivity contribution in [2.24, 2.45) is 0 Å². The van der Waals surface area contributed by atoms with Gasteiger partial charge in [0.2, 0.25) is 15.9 Å². The molecule has 0 aliphatic carbocycles. The minimum absolute atomic E-state index is 0.0257. The standard InChI is InChI=1S/C24H30N4O5S/c29-23(27-14-12-26(13-15-27)20-6-2-1-3-7-20)10-11-25-24(30)21-8-4-5-9-22(21)34(31,32)28-16-18-33-19-17-28/h1-9H,10-19H2,(H,25,30). The number of nitrogens with zero attached hydrogens (tertiary/aromatic N) is 3. The van der Waals surface area contributed by atoms with E-state index in [2.05, 4.69) is 22.3 Å². The van der Waals surface area contributed by atoms with Crippen molar-refractivity contribution in [3.63, 3.8) is 0 Å². The maximum Gasteiger partial charge on any atom is 0.252 e. The Kier molecular flexibility index (Phi) is 7.81. The summed E-state index contributed by atoms with van der Waals surface area (Å²) in [7, 11) is -3.81. The lowest BCUT2D eigenvalue weighted by atomic mass is 10.2. The van der Waals surface area contributed by atoms with Crippen LogP contribution >= 0.6 is 0 Å². The van der Waals surface area contributed by atoms with Crippen molar-refractivity contribution in [1.29, 1.82) is 0 Å². The molecule has 2 aliphatic rings. The predicted molar refractivity (Wildman–Crippen MR) is 128 cm³/mol. The molecule has 0 aromatic heterocycles. The zero-order valence-corrected chi connectivity index (χ0v) is 19.9. The van der Waals surface area contributed by atoms with E-state index in [-0.39, 0.29) is 42.4 Å². The number of sulfonamides is 1. The van der Waals surface area contributed by atoms with Gasteiger partial charge >= 0.3 is 0 Å². The fourth-order valence-corrected chi connectivity index (χ4v) is 5.79. The minimum atomic E-state index is -3.81. The van der Waals surface area contributed by atoms with Crippen molar-refractivity contribution in [2.45, 2.75) is 11.3 Å². The molecule has 2 fully saturated rings. The number of para-hydroxylation sites is 1. The van der Waals surface area contributed by atoms with E-state index in [4.69, 9.17) is 4.74 Å². The van der Waals surface area contributed by atoms with Crippen LogP contribution in [0.3, 0.4) is 0 Å². The zero-order valence-electron chi connectivity index (χ0n) is 19.1. The number of carbonyl (C=O) groups is 2. The second-order valence-corrected chi connectivity index (χ2v) is 10.1. The third-order valence-corrected chi connectivity index (χ3v) is 8.05. The number of rotatable bonds is 7. The highest BCUT2D eigenvalue weighted by atomic mass is 32.2. The summed E-state index contributed by atoms with van der Waals surface area (Å²) >= 11 is 0. The Morgan fingerprint density at radius 3 is 2.21 bits per heavy atom. The summed E-state index contributed by atoms with van der Waals surface area (Å²) < 4.78 is 32.7. The molecule has 0 bridgehead atoms. The van der Waals surface area contributed by atoms with Crippen LogP contribution in [0.15, 0.2) is 59.5 Å². The lowest BCUT2D eigenvalue weighted by Crippen LogP contribution is -2.49. The number of benzene rings is 2. The summed E-state index contributed by atoms with van der Waals surface area (Å²) in [6, 6.07) is 16.3. The molecule has 0 saturated carbocycles. The van der Waals surface area contributed by atoms with Crippen LogP contribution in [-0.2, 0) is 19.6 Å². The lowest BCUT2D eigenvalue weighted by Gasteiger charge is -2.36. The van der Waals surface area contributed by atoms with Crippen molar-refractivity contribution >= 4 is 27.5 Å². The maximum atomic E-state index is 13.1. The predicted octanol–water partition coefficient (Wildman–Crippen LogP) is 1.18. The molecule has 0 radical (unpaired) electrons. The Hall–Kier alpha value is -2.95. The van der Waals surface area contributed by atoms with E-state index in [1.54, 1.807) is 12.1 Å². The van der Waals surface area contributed by atoms with Gasteiger partial charge in [0.25, 0.3) is 5.91 Å². The van der Waals surface area contributed by atoms with E-state index in [0.717, 1.165) is 18.8 Å². The average molecular weight is 487 g/mol. The smallest absolute Gasteiger partial charge is 0.252 e. The largest absolute Gasteiger partial charge is 0.379 e. The van der Waals surface area contributed by atoms with Gasteiger partial charge in [-0.15, -0.1) is 0 Å². The van der Waals surface area contributed by atoms with Gasteiger partial charge in [-0.25, -0.2) is 8.42 Å². The summed E-state index contributed by atoms with van der Waals surface area (Å²) in [6.07, 6.45) is 0.162. The normalized spacial score (nSPS) is 17.4. The molecule has 182 valence electrons. The van der Waals surface area contributed by atoms with Gasteiger partial charge in [0.1, 0.15) is 0 Å². The minimum Gasteiger partial charge on any atom is -0.379 e. The van der Waals surface area contributed by atoms with Gasteiger partial charge in [-0.2, -0.15) is 4.31 Å². The van der Waals surface area contributed by atoms with E-state index in [1.807, 2.05) is 23.1 Å². The summed E-state index contributed by atoms with van der Waals surface area (Å²) in [5.74, 6) is -0.531. The van der Waals surface area contributed by atoms with Gasteiger partial charge < -0.3 is 19.9 Å². The Morgan fingerprint density at radius 1 is 0.853 bits per heavy atom. The Labute approximate surface area is 200 Å². The number of carbonyl (C=O) groups excluding carboxylic acids is 2. The highest BCUT2D eigenvalue weighted by Crippen LogP contribution is 2.21. The molecule has 9 nitrogen and oxygen atoms in total. The Bertz CT molecular complexity index is 1100. The van der Waals surface area contributed by atoms with E-state index in [9.17, 15) is 18.0 Å². The second kappa shape index (κ2) is 11.0. The number of amides is 2.